The first-order valence-corrected chi connectivity index (χ1v) is 8.80. The van der Waals surface area contributed by atoms with Gasteiger partial charge in [0.2, 0.25) is 0 Å². The van der Waals surface area contributed by atoms with Crippen LogP contribution in [0.4, 0.5) is 5.82 Å². The number of nitrogens with one attached hydrogen (secondary N) is 1. The Morgan fingerprint density at radius 3 is 2.46 bits per heavy atom. The van der Waals surface area contributed by atoms with Gasteiger partial charge in [0.05, 0.1) is 21.8 Å². The Bertz CT molecular complexity index is 1090. The van der Waals surface area contributed by atoms with Crippen molar-refractivity contribution < 1.29 is 18.0 Å². The smallest absolute Gasteiger partial charge is 0.262 e. The normalized spacial score (nSPS) is 13.8. The Labute approximate surface area is 140 Å². The van der Waals surface area contributed by atoms with Crippen LogP contribution in [0.1, 0.15) is 20.7 Å². The van der Waals surface area contributed by atoms with Crippen LogP contribution in [0.15, 0.2) is 34.0 Å². The fourth-order valence-corrected chi connectivity index (χ4v) is 4.12. The summed E-state index contributed by atoms with van der Waals surface area (Å²) in [5.74, 6) is -1.84. The SMILES string of the molecule is CS(=O)(=O)c1c(Cl)cccc1-n1c(N)c2c(cc1=O)C(=O)NC2=O. The zero-order valence-corrected chi connectivity index (χ0v) is 13.7. The van der Waals surface area contributed by atoms with Gasteiger partial charge in [-0.25, -0.2) is 8.42 Å². The Morgan fingerprint density at radius 1 is 1.17 bits per heavy atom. The molecule has 2 aromatic rings. The minimum absolute atomic E-state index is 0.0950. The highest BCUT2D eigenvalue weighted by Crippen LogP contribution is 2.30. The molecule has 1 aromatic carbocycles. The van der Waals surface area contributed by atoms with Crippen molar-refractivity contribution in [3.05, 3.63) is 50.8 Å². The molecule has 24 heavy (non-hydrogen) atoms. The number of imide groups is 1. The minimum Gasteiger partial charge on any atom is -0.384 e. The van der Waals surface area contributed by atoms with Crippen molar-refractivity contribution in [1.29, 1.82) is 0 Å². The summed E-state index contributed by atoms with van der Waals surface area (Å²) in [6.45, 7) is 0. The van der Waals surface area contributed by atoms with Gasteiger partial charge in [0.25, 0.3) is 17.4 Å². The van der Waals surface area contributed by atoms with Gasteiger partial charge >= 0.3 is 0 Å². The van der Waals surface area contributed by atoms with Gasteiger partial charge in [0.1, 0.15) is 10.7 Å². The van der Waals surface area contributed by atoms with E-state index in [2.05, 4.69) is 0 Å². The number of anilines is 1. The van der Waals surface area contributed by atoms with E-state index in [-0.39, 0.29) is 32.6 Å². The second kappa shape index (κ2) is 5.18. The fraction of sp³-hybridized carbons (Fsp3) is 0.0714. The Hall–Kier alpha value is -2.65. The van der Waals surface area contributed by atoms with Crippen LogP contribution in [0.5, 0.6) is 0 Å². The predicted molar refractivity (Wildman–Crippen MR) is 86.4 cm³/mol. The summed E-state index contributed by atoms with van der Waals surface area (Å²) >= 11 is 5.97. The molecule has 0 aliphatic carbocycles. The number of carbonyl (C=O) groups is 2. The summed E-state index contributed by atoms with van der Waals surface area (Å²) in [6.07, 6.45) is 0.933. The fourth-order valence-electron chi connectivity index (χ4n) is 2.57. The summed E-state index contributed by atoms with van der Waals surface area (Å²) in [5, 5.41) is 1.94. The second-order valence-electron chi connectivity index (χ2n) is 5.14. The third kappa shape index (κ3) is 2.29. The van der Waals surface area contributed by atoms with Gasteiger partial charge in [-0.05, 0) is 12.1 Å². The summed E-state index contributed by atoms with van der Waals surface area (Å²) in [6, 6.07) is 5.06. The lowest BCUT2D eigenvalue weighted by Gasteiger charge is -2.15. The largest absolute Gasteiger partial charge is 0.384 e. The van der Waals surface area contributed by atoms with Gasteiger partial charge in [0.15, 0.2) is 9.84 Å². The molecule has 0 saturated carbocycles. The number of carbonyl (C=O) groups excluding carboxylic acids is 2. The molecule has 2 amide bonds. The molecule has 0 spiro atoms. The lowest BCUT2D eigenvalue weighted by atomic mass is 10.1. The van der Waals surface area contributed by atoms with E-state index in [0.29, 0.717) is 0 Å². The first kappa shape index (κ1) is 16.2. The molecule has 1 aliphatic rings. The lowest BCUT2D eigenvalue weighted by molar-refractivity contribution is 0.0880. The number of aromatic nitrogens is 1. The molecule has 0 saturated heterocycles. The maximum absolute atomic E-state index is 12.4. The van der Waals surface area contributed by atoms with Crippen molar-refractivity contribution in [2.24, 2.45) is 0 Å². The van der Waals surface area contributed by atoms with Crippen molar-refractivity contribution in [2.75, 3.05) is 12.0 Å². The molecule has 8 nitrogen and oxygen atoms in total. The molecule has 0 fully saturated rings. The molecule has 3 rings (SSSR count). The van der Waals surface area contributed by atoms with Crippen LogP contribution in [-0.4, -0.2) is 31.1 Å². The van der Waals surface area contributed by atoms with Gasteiger partial charge < -0.3 is 5.73 Å². The predicted octanol–water partition coefficient (Wildman–Crippen LogP) is 0.360. The van der Waals surface area contributed by atoms with Crippen LogP contribution in [0.25, 0.3) is 5.69 Å². The number of pyridine rings is 1. The average Bonchev–Trinajstić information content (AvgIpc) is 2.72. The van der Waals surface area contributed by atoms with Gasteiger partial charge in [-0.3, -0.25) is 24.3 Å². The number of hydrogen-bond acceptors (Lipinski definition) is 6. The van der Waals surface area contributed by atoms with E-state index in [0.717, 1.165) is 16.9 Å². The first-order chi connectivity index (χ1) is 11.1. The average molecular weight is 368 g/mol. The third-order valence-corrected chi connectivity index (χ3v) is 5.11. The first-order valence-electron chi connectivity index (χ1n) is 6.53. The van der Waals surface area contributed by atoms with Crippen LogP contribution in [0.3, 0.4) is 0 Å². The van der Waals surface area contributed by atoms with Gasteiger partial charge in [0, 0.05) is 12.3 Å². The standard InChI is InChI=1S/C14H10ClN3O5S/c1-24(22,23)11-7(15)3-2-4-8(11)18-9(19)5-6-10(12(18)16)14(21)17-13(6)20/h2-5H,16H2,1H3,(H,17,20,21). The van der Waals surface area contributed by atoms with Crippen molar-refractivity contribution >= 4 is 39.1 Å². The quantitative estimate of drug-likeness (QED) is 0.737. The molecule has 3 N–H and O–H groups in total. The van der Waals surface area contributed by atoms with E-state index in [9.17, 15) is 22.8 Å². The molecular formula is C14H10ClN3O5S. The molecular weight excluding hydrogens is 358 g/mol. The number of fused-ring (bicyclic) bond motifs is 1. The zero-order chi connectivity index (χ0) is 17.8. The number of amides is 2. The van der Waals surface area contributed by atoms with Gasteiger partial charge in [-0.15, -0.1) is 0 Å². The Kier molecular flexibility index (Phi) is 3.50. The lowest BCUT2D eigenvalue weighted by Crippen LogP contribution is -2.25. The highest BCUT2D eigenvalue weighted by Gasteiger charge is 2.32. The van der Waals surface area contributed by atoms with E-state index >= 15 is 0 Å². The number of sulfone groups is 1. The van der Waals surface area contributed by atoms with Crippen LogP contribution < -0.4 is 16.6 Å². The Balaban J connectivity index is 2.46. The van der Waals surface area contributed by atoms with E-state index in [1.165, 1.54) is 18.2 Å². The molecule has 0 radical (unpaired) electrons. The molecule has 10 heteroatoms. The number of benzene rings is 1. The minimum atomic E-state index is -3.80. The summed E-state index contributed by atoms with van der Waals surface area (Å²) in [4.78, 5) is 35.6. The van der Waals surface area contributed by atoms with E-state index in [1.54, 1.807) is 0 Å². The maximum atomic E-state index is 12.4. The highest BCUT2D eigenvalue weighted by molar-refractivity contribution is 7.91. The molecule has 0 unspecified atom stereocenters. The van der Waals surface area contributed by atoms with Crippen LogP contribution in [-0.2, 0) is 9.84 Å². The molecule has 1 aliphatic heterocycles. The number of nitrogen functional groups attached to an aromatic ring is 1. The number of hydrogen-bond donors (Lipinski definition) is 2. The van der Waals surface area contributed by atoms with E-state index in [4.69, 9.17) is 17.3 Å². The van der Waals surface area contributed by atoms with Crippen molar-refractivity contribution in [1.82, 2.24) is 9.88 Å². The summed E-state index contributed by atoms with van der Waals surface area (Å²) in [7, 11) is -3.80. The summed E-state index contributed by atoms with van der Waals surface area (Å²) < 4.78 is 24.9. The molecule has 124 valence electrons. The molecule has 1 aromatic heterocycles. The zero-order valence-electron chi connectivity index (χ0n) is 12.2. The van der Waals surface area contributed by atoms with Crippen LogP contribution >= 0.6 is 11.6 Å². The number of nitrogens with zero attached hydrogens (tertiary/aromatic N) is 1. The van der Waals surface area contributed by atoms with Crippen LogP contribution in [0, 0.1) is 0 Å². The topological polar surface area (TPSA) is 128 Å². The van der Waals surface area contributed by atoms with Crippen molar-refractivity contribution in [2.45, 2.75) is 4.90 Å². The monoisotopic (exact) mass is 367 g/mol. The number of nitrogens with two attached hydrogens (primary N) is 1. The highest BCUT2D eigenvalue weighted by atomic mass is 35.5. The summed E-state index contributed by atoms with van der Waals surface area (Å²) in [5.41, 5.74) is 4.71. The van der Waals surface area contributed by atoms with Crippen LogP contribution in [0.2, 0.25) is 5.02 Å². The second-order valence-corrected chi connectivity index (χ2v) is 7.50. The van der Waals surface area contributed by atoms with E-state index in [1.807, 2.05) is 5.32 Å². The van der Waals surface area contributed by atoms with Crippen molar-refractivity contribution in [3.63, 3.8) is 0 Å². The van der Waals surface area contributed by atoms with Gasteiger partial charge in [-0.2, -0.15) is 0 Å². The molecule has 0 bridgehead atoms. The number of halogens is 1. The van der Waals surface area contributed by atoms with Crippen molar-refractivity contribution in [3.8, 4) is 5.69 Å². The Morgan fingerprint density at radius 2 is 1.83 bits per heavy atom. The van der Waals surface area contributed by atoms with Gasteiger partial charge in [-0.1, -0.05) is 17.7 Å². The maximum Gasteiger partial charge on any atom is 0.262 e. The third-order valence-electron chi connectivity index (χ3n) is 3.51. The molecule has 0 atom stereocenters. The van der Waals surface area contributed by atoms with E-state index < -0.39 is 27.2 Å². The number of rotatable bonds is 2. The molecule has 2 heterocycles.